The Labute approximate surface area is 155 Å². The van der Waals surface area contributed by atoms with Crippen molar-refractivity contribution >= 4 is 29.4 Å². The van der Waals surface area contributed by atoms with Gasteiger partial charge in [-0.15, -0.1) is 11.3 Å². The summed E-state index contributed by atoms with van der Waals surface area (Å²) >= 11 is 1.59. The van der Waals surface area contributed by atoms with Crippen molar-refractivity contribution in [2.75, 3.05) is 7.11 Å². The van der Waals surface area contributed by atoms with Crippen molar-refractivity contribution in [2.24, 2.45) is 0 Å². The topological polar surface area (TPSA) is 52.6 Å². The molecule has 0 bridgehead atoms. The van der Waals surface area contributed by atoms with E-state index in [9.17, 15) is 9.59 Å². The molecule has 0 amide bonds. The average Bonchev–Trinajstić information content (AvgIpc) is 3.16. The van der Waals surface area contributed by atoms with Crippen LogP contribution in [0.1, 0.15) is 15.2 Å². The lowest BCUT2D eigenvalue weighted by Crippen LogP contribution is -2.05. The van der Waals surface area contributed by atoms with Crippen LogP contribution in [0.3, 0.4) is 0 Å². The second kappa shape index (κ2) is 8.27. The van der Waals surface area contributed by atoms with Crippen molar-refractivity contribution in [2.45, 2.75) is 0 Å². The van der Waals surface area contributed by atoms with E-state index in [4.69, 9.17) is 4.74 Å². The van der Waals surface area contributed by atoms with E-state index in [-0.39, 0.29) is 0 Å². The van der Waals surface area contributed by atoms with Crippen LogP contribution >= 0.6 is 11.3 Å². The van der Waals surface area contributed by atoms with Crippen molar-refractivity contribution in [3.05, 3.63) is 83.2 Å². The van der Waals surface area contributed by atoms with Gasteiger partial charge in [0.2, 0.25) is 0 Å². The monoisotopic (exact) mass is 364 g/mol. The summed E-state index contributed by atoms with van der Waals surface area (Å²) in [4.78, 5) is 25.6. The van der Waals surface area contributed by atoms with Crippen LogP contribution in [-0.2, 0) is 9.53 Å². The van der Waals surface area contributed by atoms with Crippen LogP contribution in [0.4, 0.5) is 0 Å². The molecule has 0 radical (unpaired) electrons. The van der Waals surface area contributed by atoms with Crippen molar-refractivity contribution < 1.29 is 19.1 Å². The first kappa shape index (κ1) is 17.6. The standard InChI is InChI=1S/C21H16O4S/c1-24-21(23)16-8-5-9-17(14-16)25-20(22)13-11-18-10-12-19(26-18)15-6-3-2-4-7-15/h2-14H,1H3. The van der Waals surface area contributed by atoms with Gasteiger partial charge in [0.25, 0.3) is 0 Å². The maximum Gasteiger partial charge on any atom is 0.337 e. The Bertz CT molecular complexity index is 941. The third-order valence-corrected chi connectivity index (χ3v) is 4.64. The maximum absolute atomic E-state index is 12.0. The lowest BCUT2D eigenvalue weighted by atomic mass is 10.2. The Morgan fingerprint density at radius 3 is 2.54 bits per heavy atom. The molecular weight excluding hydrogens is 348 g/mol. The number of methoxy groups -OCH3 is 1. The fraction of sp³-hybridized carbons (Fsp3) is 0.0476. The summed E-state index contributed by atoms with van der Waals surface area (Å²) in [6.07, 6.45) is 3.08. The van der Waals surface area contributed by atoms with Crippen LogP contribution in [0.15, 0.2) is 72.8 Å². The molecule has 0 atom stereocenters. The normalized spacial score (nSPS) is 10.7. The molecule has 0 aliphatic rings. The molecule has 2 aromatic carbocycles. The molecule has 0 spiro atoms. The van der Waals surface area contributed by atoms with Gasteiger partial charge in [-0.05, 0) is 42.0 Å². The van der Waals surface area contributed by atoms with Gasteiger partial charge in [-0.1, -0.05) is 36.4 Å². The Morgan fingerprint density at radius 1 is 0.962 bits per heavy atom. The summed E-state index contributed by atoms with van der Waals surface area (Å²) in [5.41, 5.74) is 1.46. The number of esters is 2. The first-order valence-electron chi connectivity index (χ1n) is 7.89. The van der Waals surface area contributed by atoms with Gasteiger partial charge in [-0.2, -0.15) is 0 Å². The largest absolute Gasteiger partial charge is 0.465 e. The van der Waals surface area contributed by atoms with Crippen molar-refractivity contribution in [1.29, 1.82) is 0 Å². The van der Waals surface area contributed by atoms with Crippen molar-refractivity contribution in [3.63, 3.8) is 0 Å². The molecule has 3 rings (SSSR count). The molecule has 3 aromatic rings. The molecule has 5 heteroatoms. The van der Waals surface area contributed by atoms with Gasteiger partial charge < -0.3 is 9.47 Å². The van der Waals surface area contributed by atoms with Gasteiger partial charge in [-0.3, -0.25) is 0 Å². The lowest BCUT2D eigenvalue weighted by Gasteiger charge is -2.03. The van der Waals surface area contributed by atoms with Gasteiger partial charge >= 0.3 is 11.9 Å². The summed E-state index contributed by atoms with van der Waals surface area (Å²) in [7, 11) is 1.30. The van der Waals surface area contributed by atoms with E-state index in [1.165, 1.54) is 19.3 Å². The van der Waals surface area contributed by atoms with Crippen LogP contribution in [0, 0.1) is 0 Å². The number of benzene rings is 2. The Kier molecular flexibility index (Phi) is 5.61. The van der Waals surface area contributed by atoms with E-state index >= 15 is 0 Å². The van der Waals surface area contributed by atoms with Gasteiger partial charge in [0.05, 0.1) is 12.7 Å². The van der Waals surface area contributed by atoms with Crippen molar-refractivity contribution in [1.82, 2.24) is 0 Å². The quantitative estimate of drug-likeness (QED) is 0.370. The minimum Gasteiger partial charge on any atom is -0.465 e. The number of ether oxygens (including phenoxy) is 2. The molecule has 0 unspecified atom stereocenters. The number of rotatable bonds is 5. The van der Waals surface area contributed by atoms with Gasteiger partial charge in [-0.25, -0.2) is 9.59 Å². The van der Waals surface area contributed by atoms with E-state index in [1.54, 1.807) is 35.6 Å². The number of carbonyl (C=O) groups is 2. The van der Waals surface area contributed by atoms with Gasteiger partial charge in [0, 0.05) is 15.8 Å². The van der Waals surface area contributed by atoms with Crippen LogP contribution in [0.2, 0.25) is 0 Å². The van der Waals surface area contributed by atoms with Crippen LogP contribution in [0.5, 0.6) is 5.75 Å². The number of carbonyl (C=O) groups excluding carboxylic acids is 2. The van der Waals surface area contributed by atoms with E-state index in [1.807, 2.05) is 42.5 Å². The summed E-state index contributed by atoms with van der Waals surface area (Å²) < 4.78 is 9.88. The minimum atomic E-state index is -0.512. The second-order valence-corrected chi connectivity index (χ2v) is 6.46. The molecule has 0 saturated heterocycles. The lowest BCUT2D eigenvalue weighted by molar-refractivity contribution is -0.128. The molecule has 1 aromatic heterocycles. The van der Waals surface area contributed by atoms with E-state index < -0.39 is 11.9 Å². The molecule has 0 aliphatic heterocycles. The smallest absolute Gasteiger partial charge is 0.337 e. The van der Waals surface area contributed by atoms with E-state index in [0.29, 0.717) is 11.3 Å². The Balaban J connectivity index is 1.65. The molecule has 0 fully saturated rings. The maximum atomic E-state index is 12.0. The van der Waals surface area contributed by atoms with Crippen molar-refractivity contribution in [3.8, 4) is 16.2 Å². The number of hydrogen-bond acceptors (Lipinski definition) is 5. The highest BCUT2D eigenvalue weighted by Gasteiger charge is 2.08. The highest BCUT2D eigenvalue weighted by atomic mass is 32.1. The third kappa shape index (κ3) is 4.46. The first-order chi connectivity index (χ1) is 12.7. The fourth-order valence-corrected chi connectivity index (χ4v) is 3.22. The summed E-state index contributed by atoms with van der Waals surface area (Å²) in [5, 5.41) is 0. The second-order valence-electron chi connectivity index (χ2n) is 5.34. The molecule has 4 nitrogen and oxygen atoms in total. The van der Waals surface area contributed by atoms with Gasteiger partial charge in [0.1, 0.15) is 5.75 Å². The van der Waals surface area contributed by atoms with Gasteiger partial charge in [0.15, 0.2) is 0 Å². The fourth-order valence-electron chi connectivity index (χ4n) is 2.30. The molecule has 130 valence electrons. The Morgan fingerprint density at radius 2 is 1.77 bits per heavy atom. The number of thiophene rings is 1. The predicted octanol–water partition coefficient (Wildman–Crippen LogP) is 4.82. The van der Waals surface area contributed by atoms with E-state index in [2.05, 4.69) is 4.74 Å². The SMILES string of the molecule is COC(=O)c1cccc(OC(=O)C=Cc2ccc(-c3ccccc3)s2)c1. The zero-order chi connectivity index (χ0) is 18.4. The highest BCUT2D eigenvalue weighted by molar-refractivity contribution is 7.16. The number of hydrogen-bond donors (Lipinski definition) is 0. The molecule has 0 aliphatic carbocycles. The predicted molar refractivity (Wildman–Crippen MR) is 102 cm³/mol. The molecule has 26 heavy (non-hydrogen) atoms. The first-order valence-corrected chi connectivity index (χ1v) is 8.71. The molecular formula is C21H16O4S. The average molecular weight is 364 g/mol. The van der Waals surface area contributed by atoms with Crippen LogP contribution in [-0.4, -0.2) is 19.0 Å². The summed E-state index contributed by atoms with van der Waals surface area (Å²) in [6.45, 7) is 0. The minimum absolute atomic E-state index is 0.290. The van der Waals surface area contributed by atoms with E-state index in [0.717, 1.165) is 15.3 Å². The molecule has 0 N–H and O–H groups in total. The summed E-state index contributed by atoms with van der Waals surface area (Å²) in [5.74, 6) is -0.703. The summed E-state index contributed by atoms with van der Waals surface area (Å²) in [6, 6.07) is 20.3. The zero-order valence-electron chi connectivity index (χ0n) is 14.0. The molecule has 0 saturated carbocycles. The Hall–Kier alpha value is -3.18. The third-order valence-electron chi connectivity index (χ3n) is 3.54. The molecule has 1 heterocycles. The van der Waals surface area contributed by atoms with Crippen LogP contribution in [0.25, 0.3) is 16.5 Å². The zero-order valence-corrected chi connectivity index (χ0v) is 14.9. The van der Waals surface area contributed by atoms with Crippen LogP contribution < -0.4 is 4.74 Å². The highest BCUT2D eigenvalue weighted by Crippen LogP contribution is 2.28.